The Morgan fingerprint density at radius 2 is 2.09 bits per heavy atom. The minimum absolute atomic E-state index is 0.0138. The number of fused-ring (bicyclic) bond motifs is 5. The fourth-order valence-electron chi connectivity index (χ4n) is 5.37. The molecule has 2 fully saturated rings. The van der Waals surface area contributed by atoms with E-state index < -0.39 is 0 Å². The van der Waals surface area contributed by atoms with Crippen LogP contribution in [-0.4, -0.2) is 71.6 Å². The molecule has 3 aliphatic rings. The summed E-state index contributed by atoms with van der Waals surface area (Å²) in [6.07, 6.45) is 3.55. The Kier molecular flexibility index (Phi) is 5.63. The van der Waals surface area contributed by atoms with Crippen LogP contribution in [0.5, 0.6) is 5.75 Å². The molecule has 2 saturated heterocycles. The van der Waals surface area contributed by atoms with Gasteiger partial charge in [-0.2, -0.15) is 5.10 Å². The normalized spacial score (nSPS) is 23.7. The third-order valence-corrected chi connectivity index (χ3v) is 7.09. The molecule has 5 rings (SSSR count). The van der Waals surface area contributed by atoms with E-state index in [-0.39, 0.29) is 11.8 Å². The number of nitrogens with one attached hydrogen (secondary N) is 2. The van der Waals surface area contributed by atoms with Crippen molar-refractivity contribution in [2.75, 3.05) is 33.7 Å². The molecule has 2 N–H and O–H groups in total. The predicted octanol–water partition coefficient (Wildman–Crippen LogP) is 2.28. The summed E-state index contributed by atoms with van der Waals surface area (Å²) in [5.41, 5.74) is 3.14. The number of piperidine rings is 2. The van der Waals surface area contributed by atoms with E-state index in [4.69, 9.17) is 4.74 Å². The zero-order valence-corrected chi connectivity index (χ0v) is 18.8. The van der Waals surface area contributed by atoms with Gasteiger partial charge in [0.25, 0.3) is 5.91 Å². The molecular formula is C24H31N5O3. The zero-order valence-electron chi connectivity index (χ0n) is 18.8. The summed E-state index contributed by atoms with van der Waals surface area (Å²) in [6, 6.07) is 8.15. The quantitative estimate of drug-likeness (QED) is 0.749. The molecule has 32 heavy (non-hydrogen) atoms. The molecule has 170 valence electrons. The molecule has 2 amide bonds. The highest BCUT2D eigenvalue weighted by Crippen LogP contribution is 2.38. The van der Waals surface area contributed by atoms with E-state index in [1.165, 1.54) is 0 Å². The molecule has 3 atom stereocenters. The van der Waals surface area contributed by atoms with Crippen molar-refractivity contribution in [3.8, 4) is 17.0 Å². The lowest BCUT2D eigenvalue weighted by Gasteiger charge is -2.46. The molecular weight excluding hydrogens is 406 g/mol. The van der Waals surface area contributed by atoms with Gasteiger partial charge in [0.15, 0.2) is 0 Å². The average molecular weight is 438 g/mol. The lowest BCUT2D eigenvalue weighted by atomic mass is 9.79. The van der Waals surface area contributed by atoms with Crippen molar-refractivity contribution in [1.29, 1.82) is 0 Å². The number of nitrogens with zero attached hydrogens (tertiary/aromatic N) is 3. The third-order valence-electron chi connectivity index (χ3n) is 7.09. The summed E-state index contributed by atoms with van der Waals surface area (Å²) in [4.78, 5) is 29.0. The van der Waals surface area contributed by atoms with Gasteiger partial charge in [-0.25, -0.2) is 0 Å². The van der Waals surface area contributed by atoms with Crippen LogP contribution in [0.15, 0.2) is 24.3 Å². The molecule has 2 aromatic rings. The maximum Gasteiger partial charge on any atom is 0.272 e. The van der Waals surface area contributed by atoms with Gasteiger partial charge in [0.1, 0.15) is 23.7 Å². The van der Waals surface area contributed by atoms with Crippen LogP contribution in [-0.2, 0) is 11.4 Å². The van der Waals surface area contributed by atoms with Crippen molar-refractivity contribution >= 4 is 11.8 Å². The summed E-state index contributed by atoms with van der Waals surface area (Å²) < 4.78 is 5.89. The number of ether oxygens (including phenoxy) is 1. The van der Waals surface area contributed by atoms with E-state index in [1.54, 1.807) is 19.0 Å². The number of para-hydroxylation sites is 1. The summed E-state index contributed by atoms with van der Waals surface area (Å²) in [6.45, 7) is 2.78. The summed E-state index contributed by atoms with van der Waals surface area (Å²) >= 11 is 0. The molecule has 0 radical (unpaired) electrons. The number of aromatic nitrogens is 2. The highest BCUT2D eigenvalue weighted by Gasteiger charge is 2.39. The second-order valence-corrected chi connectivity index (χ2v) is 9.48. The van der Waals surface area contributed by atoms with Gasteiger partial charge < -0.3 is 19.9 Å². The summed E-state index contributed by atoms with van der Waals surface area (Å²) in [7, 11) is 3.60. The Morgan fingerprint density at radius 3 is 2.94 bits per heavy atom. The van der Waals surface area contributed by atoms with E-state index in [0.29, 0.717) is 36.6 Å². The van der Waals surface area contributed by atoms with Gasteiger partial charge in [0.05, 0.1) is 0 Å². The minimum Gasteiger partial charge on any atom is -0.488 e. The first-order chi connectivity index (χ1) is 15.5. The fourth-order valence-corrected chi connectivity index (χ4v) is 5.37. The Balaban J connectivity index is 1.27. The van der Waals surface area contributed by atoms with E-state index >= 15 is 0 Å². The molecule has 0 aliphatic carbocycles. The molecule has 2 bridgehead atoms. The maximum atomic E-state index is 13.5. The minimum atomic E-state index is 0.0138. The maximum absolute atomic E-state index is 13.5. The molecule has 1 aromatic carbocycles. The van der Waals surface area contributed by atoms with Crippen LogP contribution in [0.25, 0.3) is 11.3 Å². The van der Waals surface area contributed by atoms with Crippen LogP contribution in [0.1, 0.15) is 41.7 Å². The van der Waals surface area contributed by atoms with Crippen LogP contribution in [0, 0.1) is 11.8 Å². The number of carbonyl (C=O) groups is 2. The number of H-pyrrole nitrogens is 1. The highest BCUT2D eigenvalue weighted by atomic mass is 16.5. The zero-order chi connectivity index (χ0) is 22.2. The van der Waals surface area contributed by atoms with E-state index in [0.717, 1.165) is 61.5 Å². The number of hydrogen-bond donors (Lipinski definition) is 2. The van der Waals surface area contributed by atoms with Gasteiger partial charge in [-0.3, -0.25) is 14.7 Å². The van der Waals surface area contributed by atoms with Crippen molar-refractivity contribution in [2.45, 2.75) is 38.3 Å². The van der Waals surface area contributed by atoms with Crippen LogP contribution < -0.4 is 10.1 Å². The first-order valence-corrected chi connectivity index (χ1v) is 11.5. The number of carbonyl (C=O) groups excluding carboxylic acids is 2. The van der Waals surface area contributed by atoms with Crippen LogP contribution >= 0.6 is 0 Å². The topological polar surface area (TPSA) is 90.6 Å². The Morgan fingerprint density at radius 1 is 1.25 bits per heavy atom. The molecule has 8 heteroatoms. The Hall–Kier alpha value is -2.87. The summed E-state index contributed by atoms with van der Waals surface area (Å²) in [5.74, 6) is 1.87. The van der Waals surface area contributed by atoms with E-state index in [9.17, 15) is 9.59 Å². The van der Waals surface area contributed by atoms with E-state index in [2.05, 4.69) is 15.5 Å². The molecule has 4 heterocycles. The van der Waals surface area contributed by atoms with Crippen LogP contribution in [0.2, 0.25) is 0 Å². The van der Waals surface area contributed by atoms with Gasteiger partial charge in [0, 0.05) is 50.8 Å². The Bertz CT molecular complexity index is 1020. The van der Waals surface area contributed by atoms with Crippen molar-refractivity contribution in [3.05, 3.63) is 35.5 Å². The number of amides is 2. The van der Waals surface area contributed by atoms with Gasteiger partial charge in [-0.05, 0) is 49.8 Å². The average Bonchev–Trinajstić information content (AvgIpc) is 3.24. The van der Waals surface area contributed by atoms with Crippen molar-refractivity contribution in [1.82, 2.24) is 25.3 Å². The molecule has 8 nitrogen and oxygen atoms in total. The number of rotatable bonds is 5. The lowest BCUT2D eigenvalue weighted by Crippen LogP contribution is -2.57. The number of hydrogen-bond acceptors (Lipinski definition) is 5. The van der Waals surface area contributed by atoms with Crippen molar-refractivity contribution in [2.24, 2.45) is 11.8 Å². The van der Waals surface area contributed by atoms with E-state index in [1.807, 2.05) is 29.2 Å². The van der Waals surface area contributed by atoms with Crippen molar-refractivity contribution in [3.63, 3.8) is 0 Å². The molecule has 3 aliphatic heterocycles. The molecule has 0 spiro atoms. The van der Waals surface area contributed by atoms with Crippen LogP contribution in [0.4, 0.5) is 0 Å². The van der Waals surface area contributed by atoms with Crippen LogP contribution in [0.3, 0.4) is 0 Å². The smallest absolute Gasteiger partial charge is 0.272 e. The van der Waals surface area contributed by atoms with Gasteiger partial charge in [-0.1, -0.05) is 12.1 Å². The van der Waals surface area contributed by atoms with Gasteiger partial charge in [0.2, 0.25) is 5.91 Å². The first kappa shape index (κ1) is 21.0. The summed E-state index contributed by atoms with van der Waals surface area (Å²) in [5, 5.41) is 11.2. The fraction of sp³-hybridized carbons (Fsp3) is 0.542. The number of benzene rings is 1. The molecule has 0 saturated carbocycles. The predicted molar refractivity (Wildman–Crippen MR) is 120 cm³/mol. The first-order valence-electron chi connectivity index (χ1n) is 11.5. The number of likely N-dealkylation sites (tertiary alicyclic amines) is 1. The van der Waals surface area contributed by atoms with Gasteiger partial charge in [-0.15, -0.1) is 0 Å². The third kappa shape index (κ3) is 3.88. The number of aromatic amines is 1. The lowest BCUT2D eigenvalue weighted by molar-refractivity contribution is -0.128. The second-order valence-electron chi connectivity index (χ2n) is 9.48. The largest absolute Gasteiger partial charge is 0.488 e. The monoisotopic (exact) mass is 437 g/mol. The molecule has 0 unspecified atom stereocenters. The highest BCUT2D eigenvalue weighted by molar-refractivity contribution is 5.96. The SMILES string of the molecule is CN(C)C(=O)CCC[C@H]1NC[C@@H]2C[C@@H]1CN(C(=O)c1[nH]nc3c1COc1ccccc1-3)C2. The standard InChI is InChI=1S/C24H31N5O3/c1-28(2)21(30)9-5-7-19-16-10-15(11-25-19)12-29(13-16)24(31)23-18-14-32-20-8-4-3-6-17(20)22(18)26-27-23/h3-4,6,8,15-16,19,25H,5,7,9-14H2,1-2H3,(H,26,27)/t15-,16+,19+/m0/s1. The second kappa shape index (κ2) is 8.58. The Labute approximate surface area is 188 Å². The molecule has 1 aromatic heterocycles. The van der Waals surface area contributed by atoms with Crippen molar-refractivity contribution < 1.29 is 14.3 Å². The van der Waals surface area contributed by atoms with Gasteiger partial charge >= 0.3 is 0 Å².